The molecule has 6 heteroatoms. The first kappa shape index (κ1) is 21.5. The van der Waals surface area contributed by atoms with Gasteiger partial charge >= 0.3 is 0 Å². The van der Waals surface area contributed by atoms with Crippen LogP contribution in [-0.4, -0.2) is 52.5 Å². The summed E-state index contributed by atoms with van der Waals surface area (Å²) >= 11 is 0. The van der Waals surface area contributed by atoms with Crippen LogP contribution < -0.4 is 0 Å². The second-order valence-electron chi connectivity index (χ2n) is 10.7. The fourth-order valence-electron chi connectivity index (χ4n) is 8.12. The molecule has 9 atom stereocenters. The summed E-state index contributed by atoms with van der Waals surface area (Å²) in [4.78, 5) is 25.2. The molecule has 0 aromatic rings. The van der Waals surface area contributed by atoms with Crippen molar-refractivity contribution in [1.29, 1.82) is 0 Å². The molecule has 170 valence electrons. The quantitative estimate of drug-likeness (QED) is 0.712. The van der Waals surface area contributed by atoms with Gasteiger partial charge < -0.3 is 19.7 Å². The maximum Gasteiger partial charge on any atom is 0.193 e. The number of fused-ring (bicyclic) bond motifs is 7. The Bertz CT molecular complexity index is 862. The Balaban J connectivity index is 1.55. The lowest BCUT2D eigenvalue weighted by Crippen LogP contribution is -2.63. The Kier molecular flexibility index (Phi) is 4.91. The first-order valence-corrected chi connectivity index (χ1v) is 11.8. The molecule has 0 aromatic carbocycles. The van der Waals surface area contributed by atoms with Gasteiger partial charge in [0.25, 0.3) is 0 Å². The minimum Gasteiger partial charge on any atom is -0.393 e. The number of aliphatic hydroxyl groups excluding tert-OH is 2. The van der Waals surface area contributed by atoms with Crippen LogP contribution in [0.25, 0.3) is 0 Å². The number of ether oxygens (including phenoxy) is 2. The Morgan fingerprint density at radius 2 is 2.10 bits per heavy atom. The molecule has 0 aromatic heterocycles. The molecule has 1 saturated heterocycles. The lowest BCUT2D eigenvalue weighted by molar-refractivity contribution is -0.200. The van der Waals surface area contributed by atoms with E-state index in [0.29, 0.717) is 19.3 Å². The summed E-state index contributed by atoms with van der Waals surface area (Å²) < 4.78 is 12.7. The van der Waals surface area contributed by atoms with Crippen LogP contribution in [0.2, 0.25) is 0 Å². The van der Waals surface area contributed by atoms with Crippen molar-refractivity contribution in [3.63, 3.8) is 0 Å². The maximum atomic E-state index is 13.2. The predicted octanol–water partition coefficient (Wildman–Crippen LogP) is 2.72. The van der Waals surface area contributed by atoms with E-state index < -0.39 is 36.1 Å². The van der Waals surface area contributed by atoms with Gasteiger partial charge in [0.15, 0.2) is 23.5 Å². The molecule has 4 aliphatic carbocycles. The number of rotatable bonds is 4. The number of carbonyl (C=O) groups is 2. The van der Waals surface area contributed by atoms with Crippen molar-refractivity contribution in [1.82, 2.24) is 0 Å². The van der Waals surface area contributed by atoms with Crippen molar-refractivity contribution < 1.29 is 29.3 Å². The lowest BCUT2D eigenvalue weighted by Gasteiger charge is -2.59. The van der Waals surface area contributed by atoms with Gasteiger partial charge in [0.05, 0.1) is 12.2 Å². The van der Waals surface area contributed by atoms with Gasteiger partial charge in [-0.25, -0.2) is 0 Å². The minimum atomic E-state index is -1.20. The number of aliphatic hydroxyl groups is 2. The fraction of sp³-hybridized carbons (Fsp3) is 0.760. The van der Waals surface area contributed by atoms with Crippen molar-refractivity contribution in [3.8, 4) is 0 Å². The van der Waals surface area contributed by atoms with Crippen LogP contribution in [0, 0.1) is 28.6 Å². The average molecular weight is 431 g/mol. The Morgan fingerprint density at radius 3 is 2.81 bits per heavy atom. The number of hydrogen-bond acceptors (Lipinski definition) is 6. The van der Waals surface area contributed by atoms with Crippen LogP contribution in [-0.2, 0) is 19.1 Å². The first-order valence-electron chi connectivity index (χ1n) is 11.8. The maximum absolute atomic E-state index is 13.2. The van der Waals surface area contributed by atoms with Crippen LogP contribution in [0.1, 0.15) is 59.3 Å². The lowest BCUT2D eigenvalue weighted by atomic mass is 9.46. The van der Waals surface area contributed by atoms with Gasteiger partial charge in [0.1, 0.15) is 6.61 Å². The van der Waals surface area contributed by atoms with Crippen molar-refractivity contribution >= 4 is 11.6 Å². The van der Waals surface area contributed by atoms with E-state index in [9.17, 15) is 19.8 Å². The SMILES string of the molecule is CCC[C@@H]1O[C@H]2C[C@@H]3[C@H]4CCC5=CC(=O)C=C[C@]5(C)[C@@H]4[C@@H](O)C[C@]3(C)[C@@]2(C(=O)CO)O1. The summed E-state index contributed by atoms with van der Waals surface area (Å²) in [6.45, 7) is 5.67. The highest BCUT2D eigenvalue weighted by Gasteiger charge is 2.75. The van der Waals surface area contributed by atoms with Crippen LogP contribution in [0.5, 0.6) is 0 Å². The monoisotopic (exact) mass is 430 g/mol. The van der Waals surface area contributed by atoms with E-state index >= 15 is 0 Å². The normalized spacial score (nSPS) is 50.4. The van der Waals surface area contributed by atoms with Gasteiger partial charge in [-0.3, -0.25) is 9.59 Å². The molecule has 6 nitrogen and oxygen atoms in total. The minimum absolute atomic E-state index is 0.0125. The topological polar surface area (TPSA) is 93.1 Å². The van der Waals surface area contributed by atoms with Crippen molar-refractivity contribution in [2.24, 2.45) is 28.6 Å². The summed E-state index contributed by atoms with van der Waals surface area (Å²) in [7, 11) is 0. The Labute approximate surface area is 183 Å². The van der Waals surface area contributed by atoms with E-state index in [1.807, 2.05) is 6.08 Å². The molecule has 0 bridgehead atoms. The van der Waals surface area contributed by atoms with Crippen LogP contribution in [0.4, 0.5) is 0 Å². The highest BCUT2D eigenvalue weighted by Crippen LogP contribution is 2.69. The standard InChI is InChI=1S/C25H34O6/c1-4-5-21-30-20-11-17-16-7-6-14-10-15(27)8-9-23(14,2)22(16)18(28)12-24(17,3)25(20,31-21)19(29)13-26/h8-10,16-18,20-22,26,28H,4-7,11-13H2,1-3H3/t16-,17-,18+,20+,21-,22+,23+,24+,25+/m1/s1. The van der Waals surface area contributed by atoms with Crippen LogP contribution >= 0.6 is 0 Å². The summed E-state index contributed by atoms with van der Waals surface area (Å²) in [6, 6.07) is 0. The van der Waals surface area contributed by atoms with Gasteiger partial charge in [-0.05, 0) is 56.1 Å². The van der Waals surface area contributed by atoms with Crippen LogP contribution in [0.3, 0.4) is 0 Å². The second-order valence-corrected chi connectivity index (χ2v) is 10.7. The Morgan fingerprint density at radius 1 is 1.32 bits per heavy atom. The van der Waals surface area contributed by atoms with E-state index in [1.54, 1.807) is 12.2 Å². The van der Waals surface area contributed by atoms with Crippen molar-refractivity contribution in [2.75, 3.05) is 6.61 Å². The first-order chi connectivity index (χ1) is 14.7. The van der Waals surface area contributed by atoms with Gasteiger partial charge in [0.2, 0.25) is 0 Å². The molecule has 5 aliphatic rings. The van der Waals surface area contributed by atoms with Crippen LogP contribution in [0.15, 0.2) is 23.8 Å². The third-order valence-corrected chi connectivity index (χ3v) is 9.37. The number of ketones is 2. The summed E-state index contributed by atoms with van der Waals surface area (Å²) in [5.41, 5.74) is -1.05. The summed E-state index contributed by atoms with van der Waals surface area (Å²) in [6.07, 6.45) is 8.31. The largest absolute Gasteiger partial charge is 0.393 e. The molecule has 5 rings (SSSR count). The number of hydrogen-bond donors (Lipinski definition) is 2. The summed E-state index contributed by atoms with van der Waals surface area (Å²) in [5.74, 6) is 0.0274. The van der Waals surface area contributed by atoms with E-state index in [1.165, 1.54) is 0 Å². The molecule has 1 heterocycles. The molecule has 0 unspecified atom stereocenters. The smallest absolute Gasteiger partial charge is 0.193 e. The third-order valence-electron chi connectivity index (χ3n) is 9.37. The van der Waals surface area contributed by atoms with Gasteiger partial charge in [-0.2, -0.15) is 0 Å². The molecular formula is C25H34O6. The van der Waals surface area contributed by atoms with E-state index in [-0.39, 0.29) is 34.7 Å². The van der Waals surface area contributed by atoms with Gasteiger partial charge in [-0.1, -0.05) is 38.8 Å². The van der Waals surface area contributed by atoms with E-state index in [0.717, 1.165) is 24.8 Å². The molecule has 0 radical (unpaired) electrons. The number of carbonyl (C=O) groups excluding carboxylic acids is 2. The molecular weight excluding hydrogens is 396 g/mol. The molecule has 4 fully saturated rings. The van der Waals surface area contributed by atoms with Crippen molar-refractivity contribution in [3.05, 3.63) is 23.8 Å². The molecule has 3 saturated carbocycles. The van der Waals surface area contributed by atoms with E-state index in [4.69, 9.17) is 9.47 Å². The number of Topliss-reactive ketones (excluding diaryl/α,β-unsaturated/α-hetero) is 1. The third kappa shape index (κ3) is 2.65. The van der Waals surface area contributed by atoms with Gasteiger partial charge in [0, 0.05) is 16.7 Å². The molecule has 31 heavy (non-hydrogen) atoms. The number of allylic oxidation sites excluding steroid dienone is 4. The van der Waals surface area contributed by atoms with Crippen molar-refractivity contribution in [2.45, 2.75) is 83.4 Å². The molecule has 0 amide bonds. The zero-order chi connectivity index (χ0) is 22.2. The zero-order valence-corrected chi connectivity index (χ0v) is 18.7. The molecule has 0 spiro atoms. The fourth-order valence-corrected chi connectivity index (χ4v) is 8.12. The predicted molar refractivity (Wildman–Crippen MR) is 113 cm³/mol. The summed E-state index contributed by atoms with van der Waals surface area (Å²) in [5, 5.41) is 21.4. The zero-order valence-electron chi connectivity index (χ0n) is 18.7. The molecule has 2 N–H and O–H groups in total. The highest BCUT2D eigenvalue weighted by molar-refractivity contribution is 6.01. The highest BCUT2D eigenvalue weighted by atomic mass is 16.7. The Hall–Kier alpha value is -1.34. The van der Waals surface area contributed by atoms with Gasteiger partial charge in [-0.15, -0.1) is 0 Å². The average Bonchev–Trinajstić information content (AvgIpc) is 3.20. The molecule has 1 aliphatic heterocycles. The van der Waals surface area contributed by atoms with E-state index in [2.05, 4.69) is 20.8 Å². The second kappa shape index (κ2) is 7.08.